The molecular formula is C15H16BrClN2. The highest BCUT2D eigenvalue weighted by Crippen LogP contribution is 2.34. The standard InChI is InChI=1S/C15H16BrClN2/c1-10(14-5-3-4-8-19-14)15(18-2)12-9-11(16)6-7-13(12)17/h3-10,15,18H,1-2H3. The van der Waals surface area contributed by atoms with Crippen LogP contribution in [0, 0.1) is 0 Å². The van der Waals surface area contributed by atoms with Gasteiger partial charge in [0.1, 0.15) is 0 Å². The molecule has 0 aliphatic carbocycles. The van der Waals surface area contributed by atoms with Gasteiger partial charge in [-0.25, -0.2) is 0 Å². The molecule has 0 saturated heterocycles. The van der Waals surface area contributed by atoms with E-state index in [0.717, 1.165) is 20.8 Å². The second-order valence-electron chi connectivity index (χ2n) is 4.48. The average molecular weight is 340 g/mol. The molecule has 4 heteroatoms. The Bertz CT molecular complexity index is 545. The van der Waals surface area contributed by atoms with Crippen LogP contribution in [0.3, 0.4) is 0 Å². The molecule has 2 unspecified atom stereocenters. The maximum absolute atomic E-state index is 6.32. The second-order valence-corrected chi connectivity index (χ2v) is 5.80. The third-order valence-electron chi connectivity index (χ3n) is 3.26. The molecule has 0 aliphatic heterocycles. The van der Waals surface area contributed by atoms with Crippen LogP contribution in [-0.2, 0) is 0 Å². The van der Waals surface area contributed by atoms with Gasteiger partial charge in [-0.15, -0.1) is 0 Å². The fourth-order valence-corrected chi connectivity index (χ4v) is 2.86. The first-order valence-electron chi connectivity index (χ1n) is 6.16. The molecule has 2 nitrogen and oxygen atoms in total. The number of aromatic nitrogens is 1. The van der Waals surface area contributed by atoms with Crippen LogP contribution in [0.15, 0.2) is 47.1 Å². The van der Waals surface area contributed by atoms with Crippen molar-refractivity contribution < 1.29 is 0 Å². The molecule has 1 heterocycles. The van der Waals surface area contributed by atoms with Gasteiger partial charge in [0.25, 0.3) is 0 Å². The van der Waals surface area contributed by atoms with Crippen LogP contribution in [0.25, 0.3) is 0 Å². The molecule has 1 aromatic carbocycles. The molecule has 0 spiro atoms. The number of nitrogens with zero attached hydrogens (tertiary/aromatic N) is 1. The van der Waals surface area contributed by atoms with Crippen molar-refractivity contribution in [1.29, 1.82) is 0 Å². The lowest BCUT2D eigenvalue weighted by Gasteiger charge is -2.24. The summed E-state index contributed by atoms with van der Waals surface area (Å²) >= 11 is 9.82. The van der Waals surface area contributed by atoms with Gasteiger partial charge in [0.2, 0.25) is 0 Å². The Labute approximate surface area is 127 Å². The van der Waals surface area contributed by atoms with Gasteiger partial charge >= 0.3 is 0 Å². The second kappa shape index (κ2) is 6.51. The number of pyridine rings is 1. The van der Waals surface area contributed by atoms with Gasteiger partial charge in [0.15, 0.2) is 0 Å². The number of hydrogen-bond acceptors (Lipinski definition) is 2. The molecule has 0 bridgehead atoms. The quantitative estimate of drug-likeness (QED) is 0.883. The minimum atomic E-state index is 0.125. The highest BCUT2D eigenvalue weighted by molar-refractivity contribution is 9.10. The van der Waals surface area contributed by atoms with Crippen LogP contribution >= 0.6 is 27.5 Å². The van der Waals surface area contributed by atoms with Crippen molar-refractivity contribution in [1.82, 2.24) is 10.3 Å². The van der Waals surface area contributed by atoms with E-state index in [0.29, 0.717) is 0 Å². The Morgan fingerprint density at radius 1 is 1.26 bits per heavy atom. The number of halogens is 2. The number of likely N-dealkylation sites (N-methyl/N-ethyl adjacent to an activating group) is 1. The molecule has 2 aromatic rings. The SMILES string of the molecule is CNC(c1cc(Br)ccc1Cl)C(C)c1ccccn1. The zero-order chi connectivity index (χ0) is 13.8. The predicted octanol–water partition coefficient (Wildman–Crippen LogP) is 4.56. The van der Waals surface area contributed by atoms with Crippen molar-refractivity contribution in [3.05, 3.63) is 63.3 Å². The summed E-state index contributed by atoms with van der Waals surface area (Å²) in [7, 11) is 1.95. The molecule has 100 valence electrons. The van der Waals surface area contributed by atoms with E-state index in [4.69, 9.17) is 11.6 Å². The third kappa shape index (κ3) is 3.35. The van der Waals surface area contributed by atoms with E-state index in [1.54, 1.807) is 0 Å². The predicted molar refractivity (Wildman–Crippen MR) is 83.6 cm³/mol. The van der Waals surface area contributed by atoms with Crippen LogP contribution < -0.4 is 5.32 Å². The fourth-order valence-electron chi connectivity index (χ4n) is 2.24. The third-order valence-corrected chi connectivity index (χ3v) is 4.10. The highest BCUT2D eigenvalue weighted by atomic mass is 79.9. The topological polar surface area (TPSA) is 24.9 Å². The summed E-state index contributed by atoms with van der Waals surface area (Å²) in [5, 5.41) is 4.11. The lowest BCUT2D eigenvalue weighted by atomic mass is 9.91. The first kappa shape index (κ1) is 14.5. The van der Waals surface area contributed by atoms with E-state index in [2.05, 4.69) is 39.2 Å². The molecule has 0 saturated carbocycles. The normalized spacial score (nSPS) is 14.1. The van der Waals surface area contributed by atoms with Crippen LogP contribution in [0.1, 0.15) is 30.1 Å². The summed E-state index contributed by atoms with van der Waals surface area (Å²) in [4.78, 5) is 4.43. The van der Waals surface area contributed by atoms with E-state index in [1.807, 2.05) is 43.6 Å². The van der Waals surface area contributed by atoms with Gasteiger partial charge in [-0.2, -0.15) is 0 Å². The Morgan fingerprint density at radius 2 is 2.05 bits per heavy atom. The van der Waals surface area contributed by atoms with Gasteiger partial charge in [0.05, 0.1) is 0 Å². The van der Waals surface area contributed by atoms with E-state index >= 15 is 0 Å². The Hall–Kier alpha value is -0.900. The summed E-state index contributed by atoms with van der Waals surface area (Å²) < 4.78 is 1.03. The Morgan fingerprint density at radius 3 is 2.68 bits per heavy atom. The van der Waals surface area contributed by atoms with Crippen molar-refractivity contribution in [2.75, 3.05) is 7.05 Å². The average Bonchev–Trinajstić information content (AvgIpc) is 2.44. The first-order chi connectivity index (χ1) is 9.13. The molecular weight excluding hydrogens is 324 g/mol. The Balaban J connectivity index is 2.37. The van der Waals surface area contributed by atoms with Crippen molar-refractivity contribution >= 4 is 27.5 Å². The molecule has 0 amide bonds. The molecule has 0 aliphatic rings. The smallest absolute Gasteiger partial charge is 0.0454 e. The highest BCUT2D eigenvalue weighted by Gasteiger charge is 2.22. The molecule has 2 atom stereocenters. The molecule has 2 rings (SSSR count). The molecule has 0 fully saturated rings. The Kier molecular flexibility index (Phi) is 4.97. The largest absolute Gasteiger partial charge is 0.312 e. The van der Waals surface area contributed by atoms with Crippen LogP contribution in [-0.4, -0.2) is 12.0 Å². The monoisotopic (exact) mass is 338 g/mol. The minimum absolute atomic E-state index is 0.125. The molecule has 1 aromatic heterocycles. The lowest BCUT2D eigenvalue weighted by Crippen LogP contribution is -2.23. The summed E-state index contributed by atoms with van der Waals surface area (Å²) in [5.74, 6) is 0.234. The molecule has 19 heavy (non-hydrogen) atoms. The van der Waals surface area contributed by atoms with Gasteiger partial charge in [-0.1, -0.05) is 40.5 Å². The van der Waals surface area contributed by atoms with Gasteiger partial charge < -0.3 is 5.32 Å². The van der Waals surface area contributed by atoms with Gasteiger partial charge in [0, 0.05) is 33.3 Å². The maximum atomic E-state index is 6.32. The van der Waals surface area contributed by atoms with Gasteiger partial charge in [-0.3, -0.25) is 4.98 Å². The zero-order valence-electron chi connectivity index (χ0n) is 10.9. The van der Waals surface area contributed by atoms with Gasteiger partial charge in [-0.05, 0) is 42.9 Å². The van der Waals surface area contributed by atoms with E-state index in [9.17, 15) is 0 Å². The van der Waals surface area contributed by atoms with Crippen LogP contribution in [0.5, 0.6) is 0 Å². The molecule has 1 N–H and O–H groups in total. The number of benzene rings is 1. The van der Waals surface area contributed by atoms with E-state index in [-0.39, 0.29) is 12.0 Å². The summed E-state index contributed by atoms with van der Waals surface area (Å²) in [6.07, 6.45) is 1.82. The van der Waals surface area contributed by atoms with Crippen LogP contribution in [0.4, 0.5) is 0 Å². The summed E-state index contributed by atoms with van der Waals surface area (Å²) in [5.41, 5.74) is 2.13. The molecule has 0 radical (unpaired) electrons. The summed E-state index contributed by atoms with van der Waals surface area (Å²) in [6.45, 7) is 2.15. The number of hydrogen-bond donors (Lipinski definition) is 1. The zero-order valence-corrected chi connectivity index (χ0v) is 13.2. The van der Waals surface area contributed by atoms with Crippen molar-refractivity contribution in [2.45, 2.75) is 18.9 Å². The van der Waals surface area contributed by atoms with Crippen molar-refractivity contribution in [3.8, 4) is 0 Å². The van der Waals surface area contributed by atoms with Crippen molar-refractivity contribution in [2.24, 2.45) is 0 Å². The van der Waals surface area contributed by atoms with E-state index in [1.165, 1.54) is 0 Å². The number of rotatable bonds is 4. The van der Waals surface area contributed by atoms with Crippen LogP contribution in [0.2, 0.25) is 5.02 Å². The first-order valence-corrected chi connectivity index (χ1v) is 7.33. The number of nitrogens with one attached hydrogen (secondary N) is 1. The van der Waals surface area contributed by atoms with E-state index < -0.39 is 0 Å². The maximum Gasteiger partial charge on any atom is 0.0454 e. The fraction of sp³-hybridized carbons (Fsp3) is 0.267. The summed E-state index contributed by atoms with van der Waals surface area (Å²) in [6, 6.07) is 12.0. The van der Waals surface area contributed by atoms with Crippen molar-refractivity contribution in [3.63, 3.8) is 0 Å². The lowest BCUT2D eigenvalue weighted by molar-refractivity contribution is 0.499. The minimum Gasteiger partial charge on any atom is -0.312 e.